The van der Waals surface area contributed by atoms with Crippen molar-refractivity contribution in [3.63, 3.8) is 0 Å². The number of halogens is 4. The van der Waals surface area contributed by atoms with Gasteiger partial charge in [-0.15, -0.1) is 0 Å². The Bertz CT molecular complexity index is 447. The Morgan fingerprint density at radius 1 is 1.23 bits per heavy atom. The van der Waals surface area contributed by atoms with Crippen LogP contribution in [-0.2, 0) is 19.8 Å². The second kappa shape index (κ2) is 11.2. The first kappa shape index (κ1) is 22.8. The number of aryl methyl sites for hydroxylation is 1. The van der Waals surface area contributed by atoms with Gasteiger partial charge < -0.3 is 10.6 Å². The molecule has 1 aromatic heterocycles. The van der Waals surface area contributed by atoms with Crippen LogP contribution in [0.1, 0.15) is 46.0 Å². The Morgan fingerprint density at radius 2 is 1.73 bits per heavy atom. The van der Waals surface area contributed by atoms with Crippen molar-refractivity contribution in [2.75, 3.05) is 6.54 Å². The van der Waals surface area contributed by atoms with E-state index in [1.165, 1.54) is 7.05 Å². The van der Waals surface area contributed by atoms with E-state index in [9.17, 15) is 18.0 Å². The van der Waals surface area contributed by atoms with Gasteiger partial charge in [-0.3, -0.25) is 4.68 Å². The van der Waals surface area contributed by atoms with Crippen molar-refractivity contribution in [1.29, 1.82) is 0 Å². The molecule has 5 nitrogen and oxygen atoms in total. The molecule has 0 fully saturated rings. The first-order valence-electron chi connectivity index (χ1n) is 7.07. The molecule has 0 bridgehead atoms. The third-order valence-electron chi connectivity index (χ3n) is 2.12. The van der Waals surface area contributed by atoms with Gasteiger partial charge in [-0.05, 0) is 6.92 Å². The monoisotopic (exact) mass is 344 g/mol. The standard InChI is InChI=1S/C9H12ClF3N4O.2C2H6/c1-3-14-8(18)15-4-5-6(10)7(9(11,12)13)16-17(5)2;2*1-2/h3-4H2,1-2H3,(H2,14,15,18);2*1-2H3. The van der Waals surface area contributed by atoms with Crippen molar-refractivity contribution in [1.82, 2.24) is 20.4 Å². The highest BCUT2D eigenvalue weighted by Gasteiger charge is 2.38. The van der Waals surface area contributed by atoms with Gasteiger partial charge in [-0.1, -0.05) is 39.3 Å². The van der Waals surface area contributed by atoms with Gasteiger partial charge in [0.1, 0.15) is 0 Å². The molecule has 0 atom stereocenters. The van der Waals surface area contributed by atoms with E-state index in [4.69, 9.17) is 11.6 Å². The SMILES string of the molecule is CC.CC.CCNC(=O)NCc1c(Cl)c(C(F)(F)F)nn1C. The van der Waals surface area contributed by atoms with Crippen molar-refractivity contribution in [3.05, 3.63) is 16.4 Å². The lowest BCUT2D eigenvalue weighted by Gasteiger charge is -2.06. The molecule has 0 saturated heterocycles. The molecule has 2 amide bonds. The highest BCUT2D eigenvalue weighted by Crippen LogP contribution is 2.35. The molecular formula is C13H24ClF3N4O. The van der Waals surface area contributed by atoms with E-state index in [1.807, 2.05) is 27.7 Å². The lowest BCUT2D eigenvalue weighted by atomic mass is 10.3. The molecular weight excluding hydrogens is 321 g/mol. The molecule has 2 N–H and O–H groups in total. The predicted octanol–water partition coefficient (Wildman–Crippen LogP) is 3.96. The quantitative estimate of drug-likeness (QED) is 0.871. The van der Waals surface area contributed by atoms with Gasteiger partial charge in [0.25, 0.3) is 0 Å². The summed E-state index contributed by atoms with van der Waals surface area (Å²) in [5, 5.41) is 7.63. The number of hydrogen-bond acceptors (Lipinski definition) is 2. The molecule has 0 aliphatic heterocycles. The van der Waals surface area contributed by atoms with Gasteiger partial charge in [-0.2, -0.15) is 18.3 Å². The number of amides is 2. The van der Waals surface area contributed by atoms with Gasteiger partial charge in [0.15, 0.2) is 5.69 Å². The highest BCUT2D eigenvalue weighted by molar-refractivity contribution is 6.32. The van der Waals surface area contributed by atoms with E-state index in [0.717, 1.165) is 4.68 Å². The third kappa shape index (κ3) is 7.02. The fraction of sp³-hybridized carbons (Fsp3) is 0.692. The molecule has 1 heterocycles. The summed E-state index contributed by atoms with van der Waals surface area (Å²) in [5.74, 6) is 0. The Kier molecular flexibility index (Phi) is 11.6. The number of hydrogen-bond donors (Lipinski definition) is 2. The number of nitrogens with one attached hydrogen (secondary N) is 2. The summed E-state index contributed by atoms with van der Waals surface area (Å²) < 4.78 is 38.5. The lowest BCUT2D eigenvalue weighted by Crippen LogP contribution is -2.35. The fourth-order valence-corrected chi connectivity index (χ4v) is 1.63. The number of aromatic nitrogens is 2. The average Bonchev–Trinajstić information content (AvgIpc) is 2.76. The number of nitrogens with zero attached hydrogens (tertiary/aromatic N) is 2. The van der Waals surface area contributed by atoms with Gasteiger partial charge in [0.05, 0.1) is 17.3 Å². The summed E-state index contributed by atoms with van der Waals surface area (Å²) in [6.45, 7) is 10.0. The van der Waals surface area contributed by atoms with E-state index in [0.29, 0.717) is 6.54 Å². The summed E-state index contributed by atoms with van der Waals surface area (Å²) in [5.41, 5.74) is -1.06. The number of carbonyl (C=O) groups excluding carboxylic acids is 1. The first-order chi connectivity index (χ1) is 10.3. The van der Waals surface area contributed by atoms with Crippen LogP contribution in [-0.4, -0.2) is 22.4 Å². The smallest absolute Gasteiger partial charge is 0.338 e. The van der Waals surface area contributed by atoms with Gasteiger partial charge >= 0.3 is 12.2 Å². The van der Waals surface area contributed by atoms with Gasteiger partial charge in [0.2, 0.25) is 0 Å². The summed E-state index contributed by atoms with van der Waals surface area (Å²) in [7, 11) is 1.33. The van der Waals surface area contributed by atoms with Crippen molar-refractivity contribution in [3.8, 4) is 0 Å². The van der Waals surface area contributed by atoms with E-state index in [2.05, 4.69) is 15.7 Å². The van der Waals surface area contributed by atoms with E-state index in [-0.39, 0.29) is 12.2 Å². The zero-order chi connectivity index (χ0) is 17.9. The van der Waals surface area contributed by atoms with Crippen LogP contribution in [0.5, 0.6) is 0 Å². The Hall–Kier alpha value is -1.44. The number of carbonyl (C=O) groups is 1. The maximum atomic E-state index is 12.5. The molecule has 1 aromatic rings. The molecule has 0 unspecified atom stereocenters. The van der Waals surface area contributed by atoms with Crippen molar-refractivity contribution in [2.45, 2.75) is 47.3 Å². The largest absolute Gasteiger partial charge is 0.436 e. The Labute approximate surface area is 134 Å². The zero-order valence-electron chi connectivity index (χ0n) is 13.7. The van der Waals surface area contributed by atoms with E-state index in [1.54, 1.807) is 6.92 Å². The third-order valence-corrected chi connectivity index (χ3v) is 2.52. The average molecular weight is 345 g/mol. The maximum Gasteiger partial charge on any atom is 0.436 e. The van der Waals surface area contributed by atoms with Crippen molar-refractivity contribution < 1.29 is 18.0 Å². The van der Waals surface area contributed by atoms with Gasteiger partial charge in [0, 0.05) is 13.6 Å². The Balaban J connectivity index is 0. The molecule has 130 valence electrons. The molecule has 9 heteroatoms. The van der Waals surface area contributed by atoms with E-state index >= 15 is 0 Å². The maximum absolute atomic E-state index is 12.5. The topological polar surface area (TPSA) is 59.0 Å². The number of urea groups is 1. The van der Waals surface area contributed by atoms with Crippen molar-refractivity contribution in [2.24, 2.45) is 7.05 Å². The molecule has 0 aromatic carbocycles. The first-order valence-corrected chi connectivity index (χ1v) is 7.45. The summed E-state index contributed by atoms with van der Waals surface area (Å²) in [6.07, 6.45) is -4.61. The Morgan fingerprint density at radius 3 is 2.09 bits per heavy atom. The van der Waals surface area contributed by atoms with Crippen LogP contribution in [0.15, 0.2) is 0 Å². The lowest BCUT2D eigenvalue weighted by molar-refractivity contribution is -0.141. The van der Waals surface area contributed by atoms with Crippen molar-refractivity contribution >= 4 is 17.6 Å². The predicted molar refractivity (Wildman–Crippen MR) is 81.8 cm³/mol. The molecule has 0 spiro atoms. The second-order valence-corrected chi connectivity index (χ2v) is 3.82. The molecule has 1 rings (SSSR count). The minimum atomic E-state index is -4.61. The van der Waals surface area contributed by atoms with E-state index < -0.39 is 22.9 Å². The minimum absolute atomic E-state index is 0.0928. The summed E-state index contributed by atoms with van der Waals surface area (Å²) >= 11 is 5.60. The minimum Gasteiger partial charge on any atom is -0.338 e. The molecule has 0 aliphatic carbocycles. The second-order valence-electron chi connectivity index (χ2n) is 3.44. The van der Waals surface area contributed by atoms with Crippen LogP contribution >= 0.6 is 11.6 Å². The van der Waals surface area contributed by atoms with Gasteiger partial charge in [-0.25, -0.2) is 4.79 Å². The zero-order valence-corrected chi connectivity index (χ0v) is 14.5. The number of alkyl halides is 3. The molecule has 0 saturated carbocycles. The molecule has 0 radical (unpaired) electrons. The van der Waals surface area contributed by atoms with Crippen LogP contribution in [0.3, 0.4) is 0 Å². The van der Waals surface area contributed by atoms with Crippen LogP contribution in [0.25, 0.3) is 0 Å². The molecule has 0 aliphatic rings. The van der Waals surface area contributed by atoms with Crippen LogP contribution < -0.4 is 10.6 Å². The fourth-order valence-electron chi connectivity index (χ4n) is 1.29. The summed E-state index contributed by atoms with van der Waals surface area (Å²) in [4.78, 5) is 11.1. The highest BCUT2D eigenvalue weighted by atomic mass is 35.5. The van der Waals surface area contributed by atoms with Crippen LogP contribution in [0, 0.1) is 0 Å². The molecule has 22 heavy (non-hydrogen) atoms. The van der Waals surface area contributed by atoms with Crippen LogP contribution in [0.4, 0.5) is 18.0 Å². The number of rotatable bonds is 3. The van der Waals surface area contributed by atoms with Crippen LogP contribution in [0.2, 0.25) is 5.02 Å². The summed E-state index contributed by atoms with van der Waals surface area (Å²) in [6, 6.07) is -0.483. The normalized spacial score (nSPS) is 9.91.